The molecule has 0 saturated carbocycles. The van der Waals surface area contributed by atoms with Crippen LogP contribution in [0.25, 0.3) is 0 Å². The summed E-state index contributed by atoms with van der Waals surface area (Å²) in [4.78, 5) is 11.2. The fourth-order valence-corrected chi connectivity index (χ4v) is 1.41. The largest absolute Gasteiger partial charge is 0.466 e. The summed E-state index contributed by atoms with van der Waals surface area (Å²) < 4.78 is 26.1. The zero-order valence-electron chi connectivity index (χ0n) is 13.4. The number of esters is 1. The van der Waals surface area contributed by atoms with Crippen LogP contribution in [0.3, 0.4) is 0 Å². The third-order valence-electron chi connectivity index (χ3n) is 2.46. The van der Waals surface area contributed by atoms with Gasteiger partial charge in [0.25, 0.3) is 0 Å². The lowest BCUT2D eigenvalue weighted by Crippen LogP contribution is -2.12. The van der Waals surface area contributed by atoms with Gasteiger partial charge in [-0.3, -0.25) is 4.79 Å². The Labute approximate surface area is 128 Å². The third kappa shape index (κ3) is 17.3. The van der Waals surface area contributed by atoms with Crippen LogP contribution in [0.5, 0.6) is 0 Å². The van der Waals surface area contributed by atoms with Crippen molar-refractivity contribution in [2.24, 2.45) is 0 Å². The maximum atomic E-state index is 11.2. The minimum absolute atomic E-state index is 0.152. The molecule has 0 fully saturated rings. The highest BCUT2D eigenvalue weighted by Crippen LogP contribution is 1.95. The number of carbonyl (C=O) groups excluding carboxylic acids is 1. The first-order chi connectivity index (χ1) is 10.3. The molecule has 0 aliphatic heterocycles. The standard InChI is InChI=1S/C15H30O6/c1-3-7-21-15(16)6-5-8-18-11-12-20-14-13-19-10-9-17-4-2/h3-14H2,1-2H3. The summed E-state index contributed by atoms with van der Waals surface area (Å²) in [6, 6.07) is 0. The first-order valence-corrected chi connectivity index (χ1v) is 7.77. The van der Waals surface area contributed by atoms with Gasteiger partial charge in [-0.15, -0.1) is 0 Å². The van der Waals surface area contributed by atoms with E-state index in [1.807, 2.05) is 13.8 Å². The Hall–Kier alpha value is -0.690. The smallest absolute Gasteiger partial charge is 0.305 e. The normalized spacial score (nSPS) is 10.8. The molecule has 0 aromatic carbocycles. The van der Waals surface area contributed by atoms with Crippen molar-refractivity contribution >= 4 is 5.97 Å². The van der Waals surface area contributed by atoms with Crippen LogP contribution in [0, 0.1) is 0 Å². The van der Waals surface area contributed by atoms with E-state index in [2.05, 4.69) is 0 Å². The maximum Gasteiger partial charge on any atom is 0.305 e. The maximum absolute atomic E-state index is 11.2. The molecule has 126 valence electrons. The minimum atomic E-state index is -0.152. The van der Waals surface area contributed by atoms with E-state index in [-0.39, 0.29) is 5.97 Å². The van der Waals surface area contributed by atoms with Crippen LogP contribution < -0.4 is 0 Å². The molecule has 0 aromatic rings. The molecule has 0 saturated heterocycles. The van der Waals surface area contributed by atoms with Crippen molar-refractivity contribution in [1.82, 2.24) is 0 Å². The number of hydrogen-bond acceptors (Lipinski definition) is 6. The van der Waals surface area contributed by atoms with Crippen molar-refractivity contribution in [1.29, 1.82) is 0 Å². The number of hydrogen-bond donors (Lipinski definition) is 0. The quantitative estimate of drug-likeness (QED) is 0.320. The fourth-order valence-electron chi connectivity index (χ4n) is 1.41. The first kappa shape index (κ1) is 20.3. The average Bonchev–Trinajstić information content (AvgIpc) is 2.49. The van der Waals surface area contributed by atoms with Gasteiger partial charge in [-0.1, -0.05) is 6.92 Å². The van der Waals surface area contributed by atoms with E-state index in [0.717, 1.165) is 6.42 Å². The summed E-state index contributed by atoms with van der Waals surface area (Å²) in [6.45, 7) is 9.11. The van der Waals surface area contributed by atoms with E-state index in [1.165, 1.54) is 0 Å². The van der Waals surface area contributed by atoms with E-state index in [9.17, 15) is 4.79 Å². The van der Waals surface area contributed by atoms with E-state index < -0.39 is 0 Å². The minimum Gasteiger partial charge on any atom is -0.466 e. The Bertz CT molecular complexity index is 222. The van der Waals surface area contributed by atoms with Crippen molar-refractivity contribution in [2.75, 3.05) is 59.5 Å². The van der Waals surface area contributed by atoms with Gasteiger partial charge in [0.1, 0.15) is 0 Å². The molecule has 0 aromatic heterocycles. The van der Waals surface area contributed by atoms with Gasteiger partial charge in [-0.05, 0) is 19.8 Å². The first-order valence-electron chi connectivity index (χ1n) is 7.77. The molecule has 0 unspecified atom stereocenters. The molecule has 0 spiro atoms. The van der Waals surface area contributed by atoms with E-state index in [1.54, 1.807) is 0 Å². The molecule has 0 radical (unpaired) electrons. The zero-order chi connectivity index (χ0) is 15.6. The van der Waals surface area contributed by atoms with Crippen molar-refractivity contribution < 1.29 is 28.5 Å². The molecule has 0 atom stereocenters. The van der Waals surface area contributed by atoms with E-state index in [0.29, 0.717) is 72.3 Å². The fraction of sp³-hybridized carbons (Fsp3) is 0.933. The van der Waals surface area contributed by atoms with Gasteiger partial charge >= 0.3 is 5.97 Å². The lowest BCUT2D eigenvalue weighted by molar-refractivity contribution is -0.144. The van der Waals surface area contributed by atoms with Crippen molar-refractivity contribution in [3.05, 3.63) is 0 Å². The SMILES string of the molecule is CCCOC(=O)CCCOCCOCCOCCOCC. The van der Waals surface area contributed by atoms with Crippen LogP contribution in [0.1, 0.15) is 33.1 Å². The van der Waals surface area contributed by atoms with Crippen LogP contribution in [0.4, 0.5) is 0 Å². The summed E-state index contributed by atoms with van der Waals surface area (Å²) in [5, 5.41) is 0. The second-order valence-electron chi connectivity index (χ2n) is 4.36. The van der Waals surface area contributed by atoms with Gasteiger partial charge in [0.2, 0.25) is 0 Å². The predicted molar refractivity (Wildman–Crippen MR) is 79.4 cm³/mol. The molecule has 0 aliphatic rings. The van der Waals surface area contributed by atoms with Crippen LogP contribution in [-0.2, 0) is 28.5 Å². The molecule has 0 amide bonds. The van der Waals surface area contributed by atoms with Crippen LogP contribution in [-0.4, -0.2) is 65.4 Å². The number of rotatable bonds is 16. The molecule has 0 bridgehead atoms. The molecule has 21 heavy (non-hydrogen) atoms. The van der Waals surface area contributed by atoms with Gasteiger partial charge in [-0.2, -0.15) is 0 Å². The molecular weight excluding hydrogens is 276 g/mol. The summed E-state index contributed by atoms with van der Waals surface area (Å²) in [5.41, 5.74) is 0. The molecular formula is C15H30O6. The molecule has 0 N–H and O–H groups in total. The second-order valence-corrected chi connectivity index (χ2v) is 4.36. The monoisotopic (exact) mass is 306 g/mol. The van der Waals surface area contributed by atoms with Crippen LogP contribution in [0.2, 0.25) is 0 Å². The molecule has 6 nitrogen and oxygen atoms in total. The topological polar surface area (TPSA) is 63.2 Å². The molecule has 0 rings (SSSR count). The summed E-state index contributed by atoms with van der Waals surface area (Å²) in [6.07, 6.45) is 1.95. The lowest BCUT2D eigenvalue weighted by Gasteiger charge is -2.07. The third-order valence-corrected chi connectivity index (χ3v) is 2.46. The van der Waals surface area contributed by atoms with Crippen LogP contribution >= 0.6 is 0 Å². The zero-order valence-corrected chi connectivity index (χ0v) is 13.4. The number of carbonyl (C=O) groups is 1. The Kier molecular flexibility index (Phi) is 16.8. The second kappa shape index (κ2) is 17.4. The number of ether oxygens (including phenoxy) is 5. The van der Waals surface area contributed by atoms with E-state index >= 15 is 0 Å². The highest BCUT2D eigenvalue weighted by Gasteiger charge is 2.01. The Morgan fingerprint density at radius 2 is 1.24 bits per heavy atom. The Morgan fingerprint density at radius 3 is 1.76 bits per heavy atom. The van der Waals surface area contributed by atoms with E-state index in [4.69, 9.17) is 23.7 Å². The molecule has 6 heteroatoms. The predicted octanol–water partition coefficient (Wildman–Crippen LogP) is 1.81. The molecule has 0 aliphatic carbocycles. The lowest BCUT2D eigenvalue weighted by atomic mass is 10.3. The summed E-state index contributed by atoms with van der Waals surface area (Å²) in [7, 11) is 0. The highest BCUT2D eigenvalue weighted by atomic mass is 16.6. The van der Waals surface area contributed by atoms with Crippen molar-refractivity contribution in [2.45, 2.75) is 33.1 Å². The van der Waals surface area contributed by atoms with Gasteiger partial charge in [-0.25, -0.2) is 0 Å². The average molecular weight is 306 g/mol. The Morgan fingerprint density at radius 1 is 0.714 bits per heavy atom. The highest BCUT2D eigenvalue weighted by molar-refractivity contribution is 5.69. The van der Waals surface area contributed by atoms with Crippen LogP contribution in [0.15, 0.2) is 0 Å². The summed E-state index contributed by atoms with van der Waals surface area (Å²) in [5.74, 6) is -0.152. The Balaban J connectivity index is 3.04. The summed E-state index contributed by atoms with van der Waals surface area (Å²) >= 11 is 0. The molecule has 0 heterocycles. The van der Waals surface area contributed by atoms with Crippen molar-refractivity contribution in [3.8, 4) is 0 Å². The van der Waals surface area contributed by atoms with Gasteiger partial charge < -0.3 is 23.7 Å². The van der Waals surface area contributed by atoms with Gasteiger partial charge in [0.05, 0.1) is 46.2 Å². The van der Waals surface area contributed by atoms with Gasteiger partial charge in [0, 0.05) is 19.6 Å². The van der Waals surface area contributed by atoms with Gasteiger partial charge in [0.15, 0.2) is 0 Å². The van der Waals surface area contributed by atoms with Crippen molar-refractivity contribution in [3.63, 3.8) is 0 Å².